The van der Waals surface area contributed by atoms with Crippen LogP contribution in [0.1, 0.15) is 31.1 Å². The minimum atomic E-state index is -0.982. The Morgan fingerprint density at radius 1 is 1.33 bits per heavy atom. The predicted molar refractivity (Wildman–Crippen MR) is 92.1 cm³/mol. The van der Waals surface area contributed by atoms with Gasteiger partial charge >= 0.3 is 0 Å². The summed E-state index contributed by atoms with van der Waals surface area (Å²) in [4.78, 5) is 16.7. The first kappa shape index (κ1) is 17.8. The van der Waals surface area contributed by atoms with E-state index in [9.17, 15) is 10.1 Å². The molecule has 1 heterocycles. The largest absolute Gasteiger partial charge is 0.438 e. The molecule has 1 N–H and O–H groups in total. The second-order valence-corrected chi connectivity index (χ2v) is 6.27. The fourth-order valence-corrected chi connectivity index (χ4v) is 1.99. The van der Waals surface area contributed by atoms with Crippen molar-refractivity contribution in [2.24, 2.45) is 5.92 Å². The number of halogens is 1. The number of nitrogens with one attached hydrogen (secondary N) is 1. The highest BCUT2D eigenvalue weighted by molar-refractivity contribution is 6.30. The minimum absolute atomic E-state index is 0.0521. The van der Waals surface area contributed by atoms with Crippen molar-refractivity contribution in [2.45, 2.75) is 26.3 Å². The molecule has 0 bridgehead atoms. The third-order valence-corrected chi connectivity index (χ3v) is 4.06. The Kier molecular flexibility index (Phi) is 5.42. The molecule has 0 saturated heterocycles. The van der Waals surface area contributed by atoms with E-state index in [1.165, 1.54) is 6.20 Å². The van der Waals surface area contributed by atoms with E-state index in [0.29, 0.717) is 10.8 Å². The van der Waals surface area contributed by atoms with Crippen molar-refractivity contribution in [3.63, 3.8) is 0 Å². The molecule has 1 aromatic heterocycles. The Morgan fingerprint density at radius 3 is 2.58 bits per heavy atom. The van der Waals surface area contributed by atoms with Crippen LogP contribution in [0, 0.1) is 17.2 Å². The quantitative estimate of drug-likeness (QED) is 0.883. The van der Waals surface area contributed by atoms with E-state index in [2.05, 4.69) is 16.4 Å². The number of amides is 1. The first-order chi connectivity index (χ1) is 11.4. The van der Waals surface area contributed by atoms with E-state index < -0.39 is 11.4 Å². The molecule has 1 atom stereocenters. The topological polar surface area (TPSA) is 75.0 Å². The zero-order valence-electron chi connectivity index (χ0n) is 13.7. The van der Waals surface area contributed by atoms with Gasteiger partial charge in [0.1, 0.15) is 16.9 Å². The molecule has 5 nitrogen and oxygen atoms in total. The maximum Gasteiger partial charge on any atom is 0.258 e. The predicted octanol–water partition coefficient (Wildman–Crippen LogP) is 4.20. The van der Waals surface area contributed by atoms with Gasteiger partial charge in [0.15, 0.2) is 0 Å². The van der Waals surface area contributed by atoms with Gasteiger partial charge in [-0.2, -0.15) is 5.26 Å². The van der Waals surface area contributed by atoms with E-state index in [1.54, 1.807) is 43.3 Å². The van der Waals surface area contributed by atoms with Crippen molar-refractivity contribution in [2.75, 3.05) is 0 Å². The Balaban J connectivity index is 2.27. The fraction of sp³-hybridized carbons (Fsp3) is 0.278. The molecule has 0 saturated carbocycles. The Morgan fingerprint density at radius 2 is 2.00 bits per heavy atom. The summed E-state index contributed by atoms with van der Waals surface area (Å²) in [6, 6.07) is 12.1. The number of carbonyl (C=O) groups excluding carboxylic acids is 1. The number of benzene rings is 1. The second kappa shape index (κ2) is 7.33. The molecule has 0 aliphatic heterocycles. The molecule has 1 aromatic carbocycles. The Hall–Kier alpha value is -2.58. The van der Waals surface area contributed by atoms with Crippen LogP contribution in [0.15, 0.2) is 42.6 Å². The maximum absolute atomic E-state index is 12.6. The zero-order chi connectivity index (χ0) is 17.7. The van der Waals surface area contributed by atoms with Crippen LogP contribution in [-0.2, 0) is 0 Å². The van der Waals surface area contributed by atoms with Crippen molar-refractivity contribution in [1.82, 2.24) is 10.3 Å². The SMILES string of the molecule is CC(C)[C@@](C)(C#N)NC(=O)c1cccnc1Oc1ccc(Cl)cc1. The number of nitrogens with zero attached hydrogens (tertiary/aromatic N) is 2. The number of ether oxygens (including phenoxy) is 1. The zero-order valence-corrected chi connectivity index (χ0v) is 14.5. The summed E-state index contributed by atoms with van der Waals surface area (Å²) in [5.74, 6) is 0.217. The molecule has 0 fully saturated rings. The van der Waals surface area contributed by atoms with Crippen LogP contribution in [0.4, 0.5) is 0 Å². The summed E-state index contributed by atoms with van der Waals surface area (Å²) in [5, 5.41) is 12.7. The smallest absolute Gasteiger partial charge is 0.258 e. The van der Waals surface area contributed by atoms with Crippen LogP contribution in [0.3, 0.4) is 0 Å². The highest BCUT2D eigenvalue weighted by atomic mass is 35.5. The van der Waals surface area contributed by atoms with Crippen LogP contribution in [0.25, 0.3) is 0 Å². The molecule has 2 rings (SSSR count). The summed E-state index contributed by atoms with van der Waals surface area (Å²) >= 11 is 5.85. The number of rotatable bonds is 5. The van der Waals surface area contributed by atoms with Crippen molar-refractivity contribution < 1.29 is 9.53 Å². The third kappa shape index (κ3) is 4.03. The number of hydrogen-bond donors (Lipinski definition) is 1. The Bertz CT molecular complexity index is 769. The summed E-state index contributed by atoms with van der Waals surface area (Å²) < 4.78 is 5.68. The van der Waals surface area contributed by atoms with E-state index in [-0.39, 0.29) is 17.4 Å². The lowest BCUT2D eigenvalue weighted by Crippen LogP contribution is -2.48. The summed E-state index contributed by atoms with van der Waals surface area (Å²) in [5.41, 5.74) is -0.723. The minimum Gasteiger partial charge on any atom is -0.438 e. The lowest BCUT2D eigenvalue weighted by molar-refractivity contribution is 0.0905. The van der Waals surface area contributed by atoms with Gasteiger partial charge < -0.3 is 10.1 Å². The van der Waals surface area contributed by atoms with E-state index in [4.69, 9.17) is 16.3 Å². The molecule has 1 amide bonds. The number of carbonyl (C=O) groups is 1. The van der Waals surface area contributed by atoms with Gasteiger partial charge in [-0.05, 0) is 49.2 Å². The van der Waals surface area contributed by atoms with Crippen LogP contribution < -0.4 is 10.1 Å². The van der Waals surface area contributed by atoms with Crippen LogP contribution in [0.5, 0.6) is 11.6 Å². The number of hydrogen-bond acceptors (Lipinski definition) is 4. The molecule has 0 radical (unpaired) electrons. The lowest BCUT2D eigenvalue weighted by atomic mass is 9.90. The molecular formula is C18H18ClN3O2. The molecule has 24 heavy (non-hydrogen) atoms. The van der Waals surface area contributed by atoms with E-state index in [0.717, 1.165) is 0 Å². The summed E-state index contributed by atoms with van der Waals surface area (Å²) in [6.07, 6.45) is 1.54. The molecule has 6 heteroatoms. The summed E-state index contributed by atoms with van der Waals surface area (Å²) in [7, 11) is 0. The van der Waals surface area contributed by atoms with Gasteiger partial charge in [0.25, 0.3) is 5.91 Å². The molecule has 2 aromatic rings. The first-order valence-corrected chi connectivity index (χ1v) is 7.85. The van der Waals surface area contributed by atoms with Gasteiger partial charge in [0.2, 0.25) is 5.88 Å². The van der Waals surface area contributed by atoms with Gasteiger partial charge in [0.05, 0.1) is 6.07 Å². The number of aromatic nitrogens is 1. The second-order valence-electron chi connectivity index (χ2n) is 5.84. The Labute approximate surface area is 146 Å². The molecule has 0 spiro atoms. The molecule has 124 valence electrons. The summed E-state index contributed by atoms with van der Waals surface area (Å²) in [6.45, 7) is 5.43. The van der Waals surface area contributed by atoms with Gasteiger partial charge in [-0.3, -0.25) is 4.79 Å². The average Bonchev–Trinajstić information content (AvgIpc) is 2.57. The van der Waals surface area contributed by atoms with Gasteiger partial charge in [-0.1, -0.05) is 25.4 Å². The lowest BCUT2D eigenvalue weighted by Gasteiger charge is -2.27. The van der Waals surface area contributed by atoms with E-state index >= 15 is 0 Å². The normalized spacial score (nSPS) is 13.0. The van der Waals surface area contributed by atoms with Gasteiger partial charge in [-0.25, -0.2) is 4.98 Å². The third-order valence-electron chi connectivity index (χ3n) is 3.80. The van der Waals surface area contributed by atoms with Crippen molar-refractivity contribution >= 4 is 17.5 Å². The van der Waals surface area contributed by atoms with Crippen LogP contribution in [0.2, 0.25) is 5.02 Å². The fourth-order valence-electron chi connectivity index (χ4n) is 1.86. The molecule has 0 unspecified atom stereocenters. The van der Waals surface area contributed by atoms with Gasteiger partial charge in [0, 0.05) is 11.2 Å². The molecule has 0 aliphatic rings. The van der Waals surface area contributed by atoms with Crippen molar-refractivity contribution in [1.29, 1.82) is 5.26 Å². The molecule has 0 aliphatic carbocycles. The van der Waals surface area contributed by atoms with Crippen LogP contribution in [-0.4, -0.2) is 16.4 Å². The van der Waals surface area contributed by atoms with Crippen molar-refractivity contribution in [3.8, 4) is 17.7 Å². The number of nitriles is 1. The highest BCUT2D eigenvalue weighted by Gasteiger charge is 2.31. The van der Waals surface area contributed by atoms with Gasteiger partial charge in [-0.15, -0.1) is 0 Å². The highest BCUT2D eigenvalue weighted by Crippen LogP contribution is 2.25. The first-order valence-electron chi connectivity index (χ1n) is 7.48. The molecular weight excluding hydrogens is 326 g/mol. The number of pyridine rings is 1. The monoisotopic (exact) mass is 343 g/mol. The van der Waals surface area contributed by atoms with E-state index in [1.807, 2.05) is 13.8 Å². The maximum atomic E-state index is 12.6. The van der Waals surface area contributed by atoms with Crippen LogP contribution >= 0.6 is 11.6 Å². The standard InChI is InChI=1S/C18H18ClN3O2/c1-12(2)18(3,11-20)22-16(23)15-5-4-10-21-17(15)24-14-8-6-13(19)7-9-14/h4-10,12H,1-3H3,(H,22,23)/t18-/m1/s1. The average molecular weight is 344 g/mol. The van der Waals surface area contributed by atoms with Crippen molar-refractivity contribution in [3.05, 3.63) is 53.2 Å².